The van der Waals surface area contributed by atoms with Crippen LogP contribution >= 0.6 is 0 Å². The molecule has 1 aromatic rings. The number of carboxylic acids is 3. The van der Waals surface area contributed by atoms with Crippen LogP contribution in [-0.2, 0) is 64.0 Å². The summed E-state index contributed by atoms with van der Waals surface area (Å²) in [5.74, 6) is -14.8. The summed E-state index contributed by atoms with van der Waals surface area (Å²) in [6.07, 6.45) is -2.26. The Morgan fingerprint density at radius 2 is 0.924 bits per heavy atom. The Bertz CT molecular complexity index is 2230. The first-order valence-corrected chi connectivity index (χ1v) is 26.4. The SMILES string of the molecule is CC[C@H](C)[C@H](NC(=O)[C@H](Cc1ccc(O)cc1)NC(=O)[C@@H](N)C(C)C)C(=O)N[C@@H](CCC(=O)O)C(=O)N[C@@H](CCCCN)C(=O)N[C@@H](CC(N)=O)C(=O)N[C@@H](CC(=O)O)C(=O)N[C@@H](CCCCN)C(=O)N[C@@H](CC(C)C)C(=O)O. The molecule has 0 radical (unpaired) electrons. The van der Waals surface area contributed by atoms with Crippen molar-refractivity contribution in [3.05, 3.63) is 29.8 Å². The number of nitrogens with one attached hydrogen (secondary N) is 8. The Hall–Kier alpha value is -7.46. The van der Waals surface area contributed by atoms with Gasteiger partial charge in [-0.3, -0.25) is 52.7 Å². The van der Waals surface area contributed by atoms with E-state index in [0.717, 1.165) is 0 Å². The minimum Gasteiger partial charge on any atom is -0.508 e. The Labute approximate surface area is 459 Å². The lowest BCUT2D eigenvalue weighted by molar-refractivity contribution is -0.143. The van der Waals surface area contributed by atoms with Gasteiger partial charge in [0.25, 0.3) is 0 Å². The van der Waals surface area contributed by atoms with Gasteiger partial charge in [-0.25, -0.2) is 4.79 Å². The van der Waals surface area contributed by atoms with Gasteiger partial charge in [0.1, 0.15) is 54.1 Å². The summed E-state index contributed by atoms with van der Waals surface area (Å²) in [6.45, 7) is 10.5. The lowest BCUT2D eigenvalue weighted by Gasteiger charge is -2.29. The van der Waals surface area contributed by atoms with E-state index >= 15 is 0 Å². The highest BCUT2D eigenvalue weighted by Gasteiger charge is 2.37. The van der Waals surface area contributed by atoms with E-state index in [2.05, 4.69) is 42.5 Å². The Balaban J connectivity index is 3.60. The Morgan fingerprint density at radius 3 is 1.34 bits per heavy atom. The molecule has 0 aliphatic rings. The number of aliphatic carboxylic acids is 3. The van der Waals surface area contributed by atoms with Crippen LogP contribution in [0.4, 0.5) is 0 Å². The fourth-order valence-corrected chi connectivity index (χ4v) is 7.77. The summed E-state index contributed by atoms with van der Waals surface area (Å²) >= 11 is 0. The van der Waals surface area contributed by atoms with Crippen molar-refractivity contribution < 1.29 is 78.0 Å². The number of hydrogen-bond acceptors (Lipinski definition) is 16. The molecule has 0 fully saturated rings. The molecule has 0 spiro atoms. The number of hydrogen-bond donors (Lipinski definition) is 16. The van der Waals surface area contributed by atoms with E-state index in [1.54, 1.807) is 41.5 Å². The largest absolute Gasteiger partial charge is 0.508 e. The molecule has 0 bridgehead atoms. The molecule has 20 N–H and O–H groups in total. The van der Waals surface area contributed by atoms with Gasteiger partial charge in [-0.1, -0.05) is 60.1 Å². The highest BCUT2D eigenvalue weighted by atomic mass is 16.4. The number of rotatable bonds is 39. The first kappa shape index (κ1) is 69.6. The third-order valence-electron chi connectivity index (χ3n) is 12.6. The van der Waals surface area contributed by atoms with Gasteiger partial charge in [0, 0.05) is 12.8 Å². The quantitative estimate of drug-likeness (QED) is 0.0302. The lowest BCUT2D eigenvalue weighted by atomic mass is 9.96. The predicted molar refractivity (Wildman–Crippen MR) is 285 cm³/mol. The number of carboxylic acid groups (broad SMARTS) is 3. The van der Waals surface area contributed by atoms with Crippen LogP contribution in [0.15, 0.2) is 24.3 Å². The second-order valence-electron chi connectivity index (χ2n) is 20.2. The zero-order valence-corrected chi connectivity index (χ0v) is 45.8. The number of primary amides is 1. The third-order valence-corrected chi connectivity index (χ3v) is 12.6. The van der Waals surface area contributed by atoms with Gasteiger partial charge in [0.15, 0.2) is 0 Å². The molecule has 0 heterocycles. The number of phenolic OH excluding ortho intramolecular Hbond substituents is 1. The first-order valence-electron chi connectivity index (χ1n) is 26.4. The average Bonchev–Trinajstić information content (AvgIpc) is 3.36. The molecule has 0 aliphatic carbocycles. The molecule has 0 aliphatic heterocycles. The number of unbranched alkanes of at least 4 members (excludes halogenated alkanes) is 2. The highest BCUT2D eigenvalue weighted by Crippen LogP contribution is 2.16. The molecule has 1 aromatic carbocycles. The fourth-order valence-electron chi connectivity index (χ4n) is 7.77. The topological polar surface area (TPSA) is 486 Å². The summed E-state index contributed by atoms with van der Waals surface area (Å²) in [7, 11) is 0. The van der Waals surface area contributed by atoms with Crippen molar-refractivity contribution in [1.82, 2.24) is 42.5 Å². The molecule has 9 amide bonds. The van der Waals surface area contributed by atoms with E-state index in [1.165, 1.54) is 24.3 Å². The van der Waals surface area contributed by atoms with Crippen molar-refractivity contribution in [1.29, 1.82) is 0 Å². The summed E-state index contributed by atoms with van der Waals surface area (Å²) in [5.41, 5.74) is 23.3. The second-order valence-corrected chi connectivity index (χ2v) is 20.2. The van der Waals surface area contributed by atoms with Crippen molar-refractivity contribution in [2.45, 2.75) is 179 Å². The van der Waals surface area contributed by atoms with Gasteiger partial charge in [0.05, 0.1) is 18.9 Å². The lowest BCUT2D eigenvalue weighted by Crippen LogP contribution is -2.61. The van der Waals surface area contributed by atoms with Gasteiger partial charge in [-0.05, 0) is 99.9 Å². The molecule has 28 nitrogen and oxygen atoms in total. The van der Waals surface area contributed by atoms with Crippen molar-refractivity contribution in [2.24, 2.45) is 40.7 Å². The van der Waals surface area contributed by atoms with Crippen LogP contribution in [0.5, 0.6) is 5.75 Å². The Morgan fingerprint density at radius 1 is 0.506 bits per heavy atom. The maximum atomic E-state index is 14.2. The molecular weight excluding hydrogens is 1040 g/mol. The predicted octanol–water partition coefficient (Wildman–Crippen LogP) is -2.55. The molecule has 0 saturated carbocycles. The third kappa shape index (κ3) is 26.6. The zero-order chi connectivity index (χ0) is 60.1. The number of carbonyl (C=O) groups excluding carboxylic acids is 9. The van der Waals surface area contributed by atoms with E-state index in [0.29, 0.717) is 18.4 Å². The number of benzene rings is 1. The van der Waals surface area contributed by atoms with Crippen LogP contribution in [0.1, 0.15) is 124 Å². The summed E-state index contributed by atoms with van der Waals surface area (Å²) in [4.78, 5) is 159. The van der Waals surface area contributed by atoms with Gasteiger partial charge in [-0.15, -0.1) is 0 Å². The van der Waals surface area contributed by atoms with Crippen LogP contribution in [0.25, 0.3) is 0 Å². The smallest absolute Gasteiger partial charge is 0.326 e. The van der Waals surface area contributed by atoms with Crippen LogP contribution in [0.2, 0.25) is 0 Å². The van der Waals surface area contributed by atoms with Crippen LogP contribution < -0.4 is 65.5 Å². The maximum absolute atomic E-state index is 14.2. The number of aromatic hydroxyl groups is 1. The second kappa shape index (κ2) is 35.9. The zero-order valence-electron chi connectivity index (χ0n) is 45.8. The normalized spacial score (nSPS) is 15.0. The van der Waals surface area contributed by atoms with Gasteiger partial charge in [0.2, 0.25) is 53.2 Å². The standard InChI is InChI=1S/C51H84N12O16/c1-7-28(6)42(63-48(75)34(61-49(76)41(55)27(4)5)23-29-14-16-30(64)17-15-29)50(77)58-33(18-19-39(66)67)45(72)56-31(12-8-10-20-52)43(70)59-35(24-38(54)65)46(73)60-36(25-40(68)69)47(74)57-32(13-9-11-21-53)44(71)62-37(51(78)79)22-26(2)3/h14-17,26-28,31-37,41-42,64H,7-13,18-25,52-53,55H2,1-6H3,(H2,54,65)(H,56,72)(H,57,74)(H,58,77)(H,59,70)(H,60,73)(H,61,76)(H,62,71)(H,63,75)(H,66,67)(H,68,69)(H,78,79)/t28-,31-,32-,33-,34-,35-,36-,37-,41-,42-/m0/s1. The average molecular weight is 1120 g/mol. The number of phenols is 1. The molecule has 0 unspecified atom stereocenters. The highest BCUT2D eigenvalue weighted by molar-refractivity contribution is 6.00. The molecule has 0 aromatic heterocycles. The van der Waals surface area contributed by atoms with Crippen LogP contribution in [0, 0.1) is 17.8 Å². The molecule has 444 valence electrons. The Kier molecular flexibility index (Phi) is 31.6. The molecular formula is C51H84N12O16. The van der Waals surface area contributed by atoms with Gasteiger partial charge in [-0.2, -0.15) is 0 Å². The summed E-state index contributed by atoms with van der Waals surface area (Å²) in [5, 5.41) is 58.3. The molecule has 79 heavy (non-hydrogen) atoms. The monoisotopic (exact) mass is 1120 g/mol. The fraction of sp³-hybridized carbons (Fsp3) is 0.647. The van der Waals surface area contributed by atoms with Crippen molar-refractivity contribution in [3.8, 4) is 5.75 Å². The van der Waals surface area contributed by atoms with E-state index in [1.807, 2.05) is 0 Å². The van der Waals surface area contributed by atoms with E-state index in [4.69, 9.17) is 22.9 Å². The van der Waals surface area contributed by atoms with Crippen LogP contribution in [0.3, 0.4) is 0 Å². The molecule has 0 saturated heterocycles. The van der Waals surface area contributed by atoms with Crippen molar-refractivity contribution >= 4 is 71.1 Å². The summed E-state index contributed by atoms with van der Waals surface area (Å²) in [6, 6.07) is -7.93. The van der Waals surface area contributed by atoms with E-state index in [9.17, 15) is 78.0 Å². The molecule has 10 atom stereocenters. The van der Waals surface area contributed by atoms with Crippen molar-refractivity contribution in [3.63, 3.8) is 0 Å². The first-order chi connectivity index (χ1) is 37.0. The minimum atomic E-state index is -1.97. The minimum absolute atomic E-state index is 0.0272. The number of carbonyl (C=O) groups is 12. The van der Waals surface area contributed by atoms with Crippen molar-refractivity contribution in [2.75, 3.05) is 13.1 Å². The molecule has 28 heteroatoms. The summed E-state index contributed by atoms with van der Waals surface area (Å²) < 4.78 is 0. The number of amides is 9. The molecule has 1 rings (SSSR count). The van der Waals surface area contributed by atoms with Gasteiger partial charge >= 0.3 is 17.9 Å². The van der Waals surface area contributed by atoms with Gasteiger partial charge < -0.3 is 85.9 Å². The number of nitrogens with two attached hydrogens (primary N) is 4. The van der Waals surface area contributed by atoms with E-state index in [-0.39, 0.29) is 75.6 Å². The maximum Gasteiger partial charge on any atom is 0.326 e. The van der Waals surface area contributed by atoms with E-state index < -0.39 is 157 Å². The van der Waals surface area contributed by atoms with Crippen LogP contribution in [-0.4, -0.2) is 159 Å².